The fraction of sp³-hybridized carbons (Fsp3) is 0.100. The molecule has 0 saturated heterocycles. The molecule has 0 spiro atoms. The fourth-order valence-corrected chi connectivity index (χ4v) is 3.03. The van der Waals surface area contributed by atoms with E-state index in [-0.39, 0.29) is 0 Å². The van der Waals surface area contributed by atoms with Crippen molar-refractivity contribution in [3.05, 3.63) is 78.1 Å². The first kappa shape index (κ1) is 13.0. The minimum absolute atomic E-state index is 1.04. The molecule has 0 aliphatic heterocycles. The molecule has 2 aromatic carbocycles. The molecule has 2 aromatic heterocycles. The largest absolute Gasteiger partial charge is 0.253 e. The highest BCUT2D eigenvalue weighted by Gasteiger charge is 2.14. The molecule has 2 nitrogen and oxygen atoms in total. The van der Waals surface area contributed by atoms with Crippen molar-refractivity contribution in [2.45, 2.75) is 13.8 Å². The van der Waals surface area contributed by atoms with E-state index in [1.165, 1.54) is 21.9 Å². The van der Waals surface area contributed by atoms with Crippen molar-refractivity contribution in [1.82, 2.24) is 4.98 Å². The molecule has 0 N–H and O–H groups in total. The van der Waals surface area contributed by atoms with Crippen LogP contribution in [-0.2, 0) is 0 Å². The third-order valence-electron chi connectivity index (χ3n) is 4.11. The predicted octanol–water partition coefficient (Wildman–Crippen LogP) is 4.28. The average Bonchev–Trinajstić information content (AvgIpc) is 2.54. The van der Waals surface area contributed by atoms with Crippen LogP contribution in [0.15, 0.2) is 66.9 Å². The molecular formula is C20H17N2+. The van der Waals surface area contributed by atoms with E-state index < -0.39 is 0 Å². The molecule has 0 amide bonds. The lowest BCUT2D eigenvalue weighted by Gasteiger charge is -2.04. The summed E-state index contributed by atoms with van der Waals surface area (Å²) >= 11 is 0. The minimum Gasteiger partial charge on any atom is -0.253 e. The average molecular weight is 285 g/mol. The molecule has 2 heterocycles. The third-order valence-corrected chi connectivity index (χ3v) is 4.11. The molecule has 0 aliphatic rings. The summed E-state index contributed by atoms with van der Waals surface area (Å²) in [5.74, 6) is 0. The van der Waals surface area contributed by atoms with Crippen molar-refractivity contribution in [3.63, 3.8) is 0 Å². The monoisotopic (exact) mass is 285 g/mol. The Morgan fingerprint density at radius 2 is 1.68 bits per heavy atom. The summed E-state index contributed by atoms with van der Waals surface area (Å²) in [6, 6.07) is 21.3. The minimum atomic E-state index is 1.04. The van der Waals surface area contributed by atoms with Crippen LogP contribution in [0.25, 0.3) is 27.5 Å². The molecule has 4 rings (SSSR count). The summed E-state index contributed by atoms with van der Waals surface area (Å²) in [4.78, 5) is 4.58. The fourth-order valence-electron chi connectivity index (χ4n) is 3.03. The van der Waals surface area contributed by atoms with Crippen molar-refractivity contribution in [2.75, 3.05) is 0 Å². The van der Waals surface area contributed by atoms with Gasteiger partial charge in [0.2, 0.25) is 11.2 Å². The van der Waals surface area contributed by atoms with E-state index in [2.05, 4.69) is 83.3 Å². The van der Waals surface area contributed by atoms with Gasteiger partial charge in [-0.3, -0.25) is 4.98 Å². The van der Waals surface area contributed by atoms with E-state index >= 15 is 0 Å². The van der Waals surface area contributed by atoms with Crippen molar-refractivity contribution in [2.24, 2.45) is 0 Å². The van der Waals surface area contributed by atoms with E-state index in [1.54, 1.807) is 0 Å². The highest BCUT2D eigenvalue weighted by Crippen LogP contribution is 2.18. The van der Waals surface area contributed by atoms with Crippen molar-refractivity contribution in [3.8, 4) is 5.69 Å². The van der Waals surface area contributed by atoms with Gasteiger partial charge in [-0.25, -0.2) is 0 Å². The maximum absolute atomic E-state index is 4.58. The molecule has 22 heavy (non-hydrogen) atoms. The zero-order chi connectivity index (χ0) is 15.1. The van der Waals surface area contributed by atoms with Crippen LogP contribution in [0.5, 0.6) is 0 Å². The van der Waals surface area contributed by atoms with Crippen LogP contribution in [0.4, 0.5) is 0 Å². The highest BCUT2D eigenvalue weighted by atomic mass is 15.0. The second kappa shape index (κ2) is 4.92. The number of aryl methyl sites for hydroxylation is 2. The van der Waals surface area contributed by atoms with Gasteiger partial charge in [-0.2, -0.15) is 4.57 Å². The summed E-state index contributed by atoms with van der Waals surface area (Å²) < 4.78 is 2.25. The van der Waals surface area contributed by atoms with Gasteiger partial charge in [-0.1, -0.05) is 18.2 Å². The van der Waals surface area contributed by atoms with Gasteiger partial charge in [0.25, 0.3) is 0 Å². The summed E-state index contributed by atoms with van der Waals surface area (Å²) in [5, 5.41) is 2.42. The number of hydrogen-bond acceptors (Lipinski definition) is 1. The Morgan fingerprint density at radius 1 is 0.818 bits per heavy atom. The molecule has 0 radical (unpaired) electrons. The van der Waals surface area contributed by atoms with Gasteiger partial charge in [0.15, 0.2) is 6.20 Å². The van der Waals surface area contributed by atoms with Gasteiger partial charge in [-0.05, 0) is 38.1 Å². The Kier molecular flexibility index (Phi) is 2.90. The van der Waals surface area contributed by atoms with E-state index in [0.717, 1.165) is 16.9 Å². The predicted molar refractivity (Wildman–Crippen MR) is 90.3 cm³/mol. The van der Waals surface area contributed by atoms with E-state index in [9.17, 15) is 0 Å². The molecule has 0 fully saturated rings. The summed E-state index contributed by atoms with van der Waals surface area (Å²) in [7, 11) is 0. The smallest absolute Gasteiger partial charge is 0.221 e. The lowest BCUT2D eigenvalue weighted by molar-refractivity contribution is -0.567. The molecule has 2 heteroatoms. The molecular weight excluding hydrogens is 268 g/mol. The first-order chi connectivity index (χ1) is 10.7. The normalized spacial score (nSPS) is 11.2. The number of hydrogen-bond donors (Lipinski definition) is 0. The van der Waals surface area contributed by atoms with E-state index in [0.29, 0.717) is 0 Å². The van der Waals surface area contributed by atoms with Crippen LogP contribution in [0.2, 0.25) is 0 Å². The Hall–Kier alpha value is -2.74. The number of rotatable bonds is 1. The Morgan fingerprint density at radius 3 is 2.59 bits per heavy atom. The second-order valence-electron chi connectivity index (χ2n) is 5.72. The Balaban J connectivity index is 2.01. The van der Waals surface area contributed by atoms with Crippen LogP contribution >= 0.6 is 0 Å². The Labute approximate surface area is 129 Å². The molecule has 0 bridgehead atoms. The third kappa shape index (κ3) is 2.04. The van der Waals surface area contributed by atoms with Crippen molar-refractivity contribution >= 4 is 21.8 Å². The number of aromatic nitrogens is 2. The molecule has 0 aliphatic carbocycles. The Bertz CT molecular complexity index is 998. The highest BCUT2D eigenvalue weighted by molar-refractivity contribution is 5.82. The lowest BCUT2D eigenvalue weighted by atomic mass is 10.1. The lowest BCUT2D eigenvalue weighted by Crippen LogP contribution is -2.31. The summed E-state index contributed by atoms with van der Waals surface area (Å²) in [6.07, 6.45) is 2.12. The van der Waals surface area contributed by atoms with Gasteiger partial charge in [0.05, 0.1) is 5.52 Å². The van der Waals surface area contributed by atoms with Gasteiger partial charge < -0.3 is 0 Å². The maximum atomic E-state index is 4.58. The zero-order valence-corrected chi connectivity index (χ0v) is 12.7. The van der Waals surface area contributed by atoms with Crippen LogP contribution in [0, 0.1) is 13.8 Å². The van der Waals surface area contributed by atoms with Crippen molar-refractivity contribution < 1.29 is 4.57 Å². The first-order valence-electron chi connectivity index (χ1n) is 7.50. The summed E-state index contributed by atoms with van der Waals surface area (Å²) in [5.41, 5.74) is 5.79. The zero-order valence-electron chi connectivity index (χ0n) is 12.7. The molecule has 0 atom stereocenters. The van der Waals surface area contributed by atoms with Gasteiger partial charge in [0, 0.05) is 40.2 Å². The number of benzene rings is 2. The number of nitrogens with zero attached hydrogens (tertiary/aromatic N) is 2. The molecule has 0 unspecified atom stereocenters. The van der Waals surface area contributed by atoms with Gasteiger partial charge in [0.1, 0.15) is 0 Å². The molecule has 4 aromatic rings. The van der Waals surface area contributed by atoms with E-state index in [4.69, 9.17) is 0 Å². The maximum Gasteiger partial charge on any atom is 0.221 e. The first-order valence-corrected chi connectivity index (χ1v) is 7.50. The summed E-state index contributed by atoms with van der Waals surface area (Å²) in [6.45, 7) is 4.18. The topological polar surface area (TPSA) is 16.8 Å². The van der Waals surface area contributed by atoms with Crippen LogP contribution in [-0.4, -0.2) is 4.98 Å². The van der Waals surface area contributed by atoms with Crippen LogP contribution in [0.3, 0.4) is 0 Å². The quantitative estimate of drug-likeness (QED) is 0.477. The number of fused-ring (bicyclic) bond motifs is 2. The molecule has 0 saturated carbocycles. The van der Waals surface area contributed by atoms with E-state index in [1.807, 2.05) is 6.92 Å². The van der Waals surface area contributed by atoms with Crippen molar-refractivity contribution in [1.29, 1.82) is 0 Å². The standard InChI is InChI=1S/C20H17N2/c1-14-5-3-6-16-7-4-12-22(20(14)16)18-10-11-19-17(13-18)9-8-15(2)21-19/h3-13H,1-2H3/q+1. The number of pyridine rings is 2. The molecule has 106 valence electrons. The van der Waals surface area contributed by atoms with Gasteiger partial charge in [-0.15, -0.1) is 0 Å². The SMILES string of the molecule is Cc1ccc2cc(-[n+]3cccc4cccc(C)c43)ccc2n1. The van der Waals surface area contributed by atoms with Crippen LogP contribution in [0.1, 0.15) is 11.3 Å². The van der Waals surface area contributed by atoms with Crippen LogP contribution < -0.4 is 4.57 Å². The second-order valence-corrected chi connectivity index (χ2v) is 5.72. The number of para-hydroxylation sites is 1. The van der Waals surface area contributed by atoms with Gasteiger partial charge >= 0.3 is 0 Å².